The normalized spacial score (nSPS) is 24.0. The Morgan fingerprint density at radius 1 is 1.24 bits per heavy atom. The van der Waals surface area contributed by atoms with Crippen molar-refractivity contribution in [2.24, 2.45) is 0 Å². The summed E-state index contributed by atoms with van der Waals surface area (Å²) in [6, 6.07) is 6.79. The van der Waals surface area contributed by atoms with E-state index in [1.807, 2.05) is 4.68 Å². The summed E-state index contributed by atoms with van der Waals surface area (Å²) >= 11 is 0. The van der Waals surface area contributed by atoms with Crippen LogP contribution >= 0.6 is 0 Å². The molecular weight excluding hydrogens is 322 g/mol. The number of fused-ring (bicyclic) bond motifs is 1. The molecule has 1 aromatic heterocycles. The van der Waals surface area contributed by atoms with Gasteiger partial charge in [-0.05, 0) is 25.0 Å². The molecule has 2 unspecified atom stereocenters. The maximum absolute atomic E-state index is 10.7. The van der Waals surface area contributed by atoms with E-state index in [4.69, 9.17) is 4.74 Å². The molecule has 0 bridgehead atoms. The highest BCUT2D eigenvalue weighted by molar-refractivity contribution is 5.56. The van der Waals surface area contributed by atoms with Gasteiger partial charge < -0.3 is 4.74 Å². The second kappa shape index (κ2) is 6.89. The Balaban J connectivity index is 1.46. The third-order valence-electron chi connectivity index (χ3n) is 5.05. The fourth-order valence-corrected chi connectivity index (χ4v) is 3.77. The summed E-state index contributed by atoms with van der Waals surface area (Å²) in [4.78, 5) is 17.1. The van der Waals surface area contributed by atoms with Crippen molar-refractivity contribution in [2.75, 3.05) is 13.2 Å². The Morgan fingerprint density at radius 2 is 2.04 bits per heavy atom. The first-order valence-electron chi connectivity index (χ1n) is 8.70. The first-order valence-corrected chi connectivity index (χ1v) is 8.70. The van der Waals surface area contributed by atoms with Crippen LogP contribution in [0.5, 0.6) is 0 Å². The van der Waals surface area contributed by atoms with Gasteiger partial charge in [0.05, 0.1) is 24.3 Å². The first kappa shape index (κ1) is 16.2. The van der Waals surface area contributed by atoms with Crippen LogP contribution in [0.25, 0.3) is 11.4 Å². The summed E-state index contributed by atoms with van der Waals surface area (Å²) in [6.45, 7) is 2.38. The van der Waals surface area contributed by atoms with Gasteiger partial charge in [-0.1, -0.05) is 12.8 Å². The molecule has 8 heteroatoms. The molecule has 8 nitrogen and oxygen atoms in total. The van der Waals surface area contributed by atoms with Gasteiger partial charge in [-0.2, -0.15) is 0 Å². The monoisotopic (exact) mass is 343 g/mol. The van der Waals surface area contributed by atoms with Crippen molar-refractivity contribution in [3.8, 4) is 11.4 Å². The van der Waals surface area contributed by atoms with Crippen molar-refractivity contribution in [1.29, 1.82) is 0 Å². The third-order valence-corrected chi connectivity index (χ3v) is 5.05. The van der Waals surface area contributed by atoms with E-state index in [1.54, 1.807) is 18.5 Å². The zero-order valence-corrected chi connectivity index (χ0v) is 14.0. The smallest absolute Gasteiger partial charge is 0.269 e. The molecule has 1 aromatic carbocycles. The van der Waals surface area contributed by atoms with Gasteiger partial charge in [-0.25, -0.2) is 9.67 Å². The molecular formula is C17H21N5O3. The molecule has 0 spiro atoms. The van der Waals surface area contributed by atoms with Gasteiger partial charge in [0.25, 0.3) is 5.69 Å². The van der Waals surface area contributed by atoms with Gasteiger partial charge in [0.15, 0.2) is 5.82 Å². The lowest BCUT2D eigenvalue weighted by Gasteiger charge is -2.43. The van der Waals surface area contributed by atoms with Crippen molar-refractivity contribution in [3.63, 3.8) is 0 Å². The van der Waals surface area contributed by atoms with Crippen LogP contribution in [0.3, 0.4) is 0 Å². The predicted octanol–water partition coefficient (Wildman–Crippen LogP) is 2.45. The lowest BCUT2D eigenvalue weighted by molar-refractivity contribution is -0.384. The van der Waals surface area contributed by atoms with Crippen LogP contribution in [-0.2, 0) is 11.4 Å². The van der Waals surface area contributed by atoms with Crippen molar-refractivity contribution < 1.29 is 9.66 Å². The van der Waals surface area contributed by atoms with E-state index >= 15 is 0 Å². The lowest BCUT2D eigenvalue weighted by atomic mass is 9.90. The zero-order valence-electron chi connectivity index (χ0n) is 14.0. The molecule has 132 valence electrons. The number of nitro groups is 1. The van der Waals surface area contributed by atoms with Gasteiger partial charge in [-0.15, -0.1) is 5.10 Å². The first-order chi connectivity index (χ1) is 12.2. The number of nitrogens with zero attached hydrogens (tertiary/aromatic N) is 5. The predicted molar refractivity (Wildman–Crippen MR) is 90.8 cm³/mol. The fraction of sp³-hybridized carbons (Fsp3) is 0.529. The van der Waals surface area contributed by atoms with E-state index in [2.05, 4.69) is 15.0 Å². The molecule has 2 aromatic rings. The summed E-state index contributed by atoms with van der Waals surface area (Å²) < 4.78 is 7.75. The maximum atomic E-state index is 10.7. The average Bonchev–Trinajstić information content (AvgIpc) is 3.11. The molecule has 25 heavy (non-hydrogen) atoms. The van der Waals surface area contributed by atoms with E-state index in [-0.39, 0.29) is 5.69 Å². The second-order valence-corrected chi connectivity index (χ2v) is 6.63. The summed E-state index contributed by atoms with van der Waals surface area (Å²) in [5.41, 5.74) is 0.849. The molecule has 2 atom stereocenters. The Bertz CT molecular complexity index is 743. The Kier molecular flexibility index (Phi) is 4.46. The standard InChI is InChI=1S/C17H21N5O3/c23-22(24)14-7-5-13(6-8-14)17-18-11-21(19-17)12-20-9-10-25-16-4-2-1-3-15(16)20/h5-8,11,15-16H,1-4,9-10,12H2. The molecule has 2 heterocycles. The van der Waals surface area contributed by atoms with Crippen LogP contribution in [-0.4, -0.2) is 49.9 Å². The number of morpholine rings is 1. The molecule has 0 N–H and O–H groups in total. The minimum absolute atomic E-state index is 0.0693. The van der Waals surface area contributed by atoms with E-state index < -0.39 is 4.92 Å². The number of hydrogen-bond acceptors (Lipinski definition) is 6. The number of aromatic nitrogens is 3. The minimum Gasteiger partial charge on any atom is -0.375 e. The molecule has 1 saturated heterocycles. The molecule has 1 aliphatic heterocycles. The fourth-order valence-electron chi connectivity index (χ4n) is 3.77. The molecule has 1 aliphatic carbocycles. The summed E-state index contributed by atoms with van der Waals surface area (Å²) in [6.07, 6.45) is 6.90. The summed E-state index contributed by atoms with van der Waals surface area (Å²) in [5.74, 6) is 0.586. The number of benzene rings is 1. The number of hydrogen-bond donors (Lipinski definition) is 0. The molecule has 0 radical (unpaired) electrons. The number of non-ortho nitro benzene ring substituents is 1. The zero-order chi connectivity index (χ0) is 17.2. The lowest BCUT2D eigenvalue weighted by Crippen LogP contribution is -2.52. The van der Waals surface area contributed by atoms with Crippen molar-refractivity contribution >= 4 is 5.69 Å². The second-order valence-electron chi connectivity index (χ2n) is 6.63. The highest BCUT2D eigenvalue weighted by Crippen LogP contribution is 2.28. The number of nitro benzene ring substituents is 1. The Labute approximate surface area is 145 Å². The SMILES string of the molecule is O=[N+]([O-])c1ccc(-c2ncn(CN3CCOC4CCCCC43)n2)cc1. The summed E-state index contributed by atoms with van der Waals surface area (Å²) in [5, 5.41) is 15.3. The van der Waals surface area contributed by atoms with Crippen LogP contribution < -0.4 is 0 Å². The molecule has 2 aliphatic rings. The van der Waals surface area contributed by atoms with Crippen LogP contribution in [0.2, 0.25) is 0 Å². The molecule has 4 rings (SSSR count). The van der Waals surface area contributed by atoms with E-state index in [0.29, 0.717) is 24.6 Å². The minimum atomic E-state index is -0.408. The topological polar surface area (TPSA) is 86.3 Å². The van der Waals surface area contributed by atoms with E-state index in [1.165, 1.54) is 31.4 Å². The van der Waals surface area contributed by atoms with Crippen molar-refractivity contribution in [2.45, 2.75) is 44.5 Å². The van der Waals surface area contributed by atoms with Crippen LogP contribution in [0.4, 0.5) is 5.69 Å². The highest BCUT2D eigenvalue weighted by atomic mass is 16.6. The highest BCUT2D eigenvalue weighted by Gasteiger charge is 2.34. The van der Waals surface area contributed by atoms with Gasteiger partial charge in [0, 0.05) is 30.3 Å². The van der Waals surface area contributed by atoms with Gasteiger partial charge >= 0.3 is 0 Å². The third kappa shape index (κ3) is 3.40. The largest absolute Gasteiger partial charge is 0.375 e. The van der Waals surface area contributed by atoms with Crippen LogP contribution in [0.15, 0.2) is 30.6 Å². The Hall–Kier alpha value is -2.32. The van der Waals surface area contributed by atoms with E-state index in [0.717, 1.165) is 25.1 Å². The van der Waals surface area contributed by atoms with Gasteiger partial charge in [0.2, 0.25) is 0 Å². The molecule has 0 amide bonds. The molecule has 2 fully saturated rings. The Morgan fingerprint density at radius 3 is 2.84 bits per heavy atom. The van der Waals surface area contributed by atoms with Crippen LogP contribution in [0, 0.1) is 10.1 Å². The molecule has 1 saturated carbocycles. The van der Waals surface area contributed by atoms with Crippen molar-refractivity contribution in [1.82, 2.24) is 19.7 Å². The average molecular weight is 343 g/mol. The maximum Gasteiger partial charge on any atom is 0.269 e. The van der Waals surface area contributed by atoms with Gasteiger partial charge in [0.1, 0.15) is 6.33 Å². The quantitative estimate of drug-likeness (QED) is 0.626. The van der Waals surface area contributed by atoms with Crippen LogP contribution in [0.1, 0.15) is 25.7 Å². The van der Waals surface area contributed by atoms with Crippen molar-refractivity contribution in [3.05, 3.63) is 40.7 Å². The number of ether oxygens (including phenoxy) is 1. The summed E-state index contributed by atoms with van der Waals surface area (Å²) in [7, 11) is 0. The van der Waals surface area contributed by atoms with Gasteiger partial charge in [-0.3, -0.25) is 15.0 Å². The van der Waals surface area contributed by atoms with E-state index in [9.17, 15) is 10.1 Å². The number of rotatable bonds is 4.